The zero-order chi connectivity index (χ0) is 9.68. The van der Waals surface area contributed by atoms with Crippen LogP contribution in [-0.4, -0.2) is 34.3 Å². The average Bonchev–Trinajstić information content (AvgIpc) is 2.61. The van der Waals surface area contributed by atoms with E-state index in [4.69, 9.17) is 0 Å². The van der Waals surface area contributed by atoms with Crippen LogP contribution < -0.4 is 4.46 Å². The number of methoxy groups -OCH3 is 1. The minimum atomic E-state index is -0.219. The standard InChI is InChI=1S/C8H8O3SSe/c1-11-8(10)5-13-7-2-3-12-6(7)4-9/h2-4H,5H2,1H3. The van der Waals surface area contributed by atoms with Gasteiger partial charge in [-0.3, -0.25) is 0 Å². The van der Waals surface area contributed by atoms with Gasteiger partial charge in [-0.15, -0.1) is 0 Å². The van der Waals surface area contributed by atoms with Crippen LogP contribution in [-0.2, 0) is 9.53 Å². The third-order valence-electron chi connectivity index (χ3n) is 1.34. The number of ether oxygens (including phenoxy) is 1. The SMILES string of the molecule is COC(=O)C[Se]c1ccsc1C=O. The fourth-order valence-corrected chi connectivity index (χ4v) is 3.67. The van der Waals surface area contributed by atoms with Crippen LogP contribution in [0.1, 0.15) is 9.67 Å². The summed E-state index contributed by atoms with van der Waals surface area (Å²) in [6.45, 7) is 0. The predicted molar refractivity (Wildman–Crippen MR) is 51.9 cm³/mol. The summed E-state index contributed by atoms with van der Waals surface area (Å²) in [5.74, 6) is -0.219. The molecule has 3 nitrogen and oxygen atoms in total. The summed E-state index contributed by atoms with van der Waals surface area (Å²) in [7, 11) is 1.37. The van der Waals surface area contributed by atoms with Gasteiger partial charge in [0.2, 0.25) is 0 Å². The van der Waals surface area contributed by atoms with Crippen molar-refractivity contribution in [3.8, 4) is 0 Å². The molecule has 0 atom stereocenters. The molecule has 0 N–H and O–H groups in total. The Hall–Kier alpha value is -0.641. The van der Waals surface area contributed by atoms with E-state index in [1.54, 1.807) is 0 Å². The van der Waals surface area contributed by atoms with Crippen LogP contribution in [0.3, 0.4) is 0 Å². The molecule has 1 aromatic rings. The molecule has 0 radical (unpaired) electrons. The predicted octanol–water partition coefficient (Wildman–Crippen LogP) is 0.481. The molecule has 0 aliphatic heterocycles. The van der Waals surface area contributed by atoms with E-state index in [1.807, 2.05) is 11.4 Å². The van der Waals surface area contributed by atoms with Crippen molar-refractivity contribution in [3.63, 3.8) is 0 Å². The van der Waals surface area contributed by atoms with Crippen molar-refractivity contribution in [2.75, 3.05) is 7.11 Å². The molecule has 1 heterocycles. The Morgan fingerprint density at radius 2 is 2.54 bits per heavy atom. The van der Waals surface area contributed by atoms with Crippen LogP contribution in [0.2, 0.25) is 5.32 Å². The number of thiophene rings is 1. The fourth-order valence-electron chi connectivity index (χ4n) is 0.710. The van der Waals surface area contributed by atoms with Gasteiger partial charge in [-0.2, -0.15) is 0 Å². The first-order valence-corrected chi connectivity index (χ1v) is 6.45. The number of aldehydes is 1. The van der Waals surface area contributed by atoms with Gasteiger partial charge in [0, 0.05) is 0 Å². The number of hydrogen-bond donors (Lipinski definition) is 0. The van der Waals surface area contributed by atoms with Crippen molar-refractivity contribution in [1.29, 1.82) is 0 Å². The summed E-state index contributed by atoms with van der Waals surface area (Å²) in [6, 6.07) is 1.89. The topological polar surface area (TPSA) is 43.4 Å². The second-order valence-electron chi connectivity index (χ2n) is 2.13. The number of rotatable bonds is 4. The van der Waals surface area contributed by atoms with Crippen molar-refractivity contribution in [2.45, 2.75) is 5.32 Å². The molecule has 0 amide bonds. The first-order valence-electron chi connectivity index (χ1n) is 3.50. The van der Waals surface area contributed by atoms with Gasteiger partial charge >= 0.3 is 86.1 Å². The minimum absolute atomic E-state index is 0.0172. The van der Waals surface area contributed by atoms with E-state index in [2.05, 4.69) is 4.74 Å². The van der Waals surface area contributed by atoms with Gasteiger partial charge in [0.15, 0.2) is 0 Å². The van der Waals surface area contributed by atoms with Crippen molar-refractivity contribution in [2.24, 2.45) is 0 Å². The molecule has 0 aromatic carbocycles. The van der Waals surface area contributed by atoms with Crippen LogP contribution in [0.15, 0.2) is 11.4 Å². The Morgan fingerprint density at radius 3 is 3.15 bits per heavy atom. The Balaban J connectivity index is 2.53. The number of carbonyl (C=O) groups excluding carboxylic acids is 2. The van der Waals surface area contributed by atoms with Gasteiger partial charge in [0.1, 0.15) is 0 Å². The first kappa shape index (κ1) is 10.4. The van der Waals surface area contributed by atoms with E-state index in [0.29, 0.717) is 5.32 Å². The monoisotopic (exact) mass is 264 g/mol. The van der Waals surface area contributed by atoms with E-state index in [0.717, 1.165) is 15.6 Å². The van der Waals surface area contributed by atoms with E-state index < -0.39 is 0 Å². The molecule has 1 rings (SSSR count). The molecular formula is C8H8O3SSe. The Labute approximate surface area is 86.2 Å². The van der Waals surface area contributed by atoms with E-state index in [9.17, 15) is 9.59 Å². The Morgan fingerprint density at radius 1 is 1.77 bits per heavy atom. The van der Waals surface area contributed by atoms with E-state index >= 15 is 0 Å². The second-order valence-corrected chi connectivity index (χ2v) is 5.21. The molecule has 0 unspecified atom stereocenters. The van der Waals surface area contributed by atoms with Gasteiger partial charge < -0.3 is 0 Å². The Bertz CT molecular complexity index is 308. The van der Waals surface area contributed by atoms with Crippen molar-refractivity contribution < 1.29 is 14.3 Å². The van der Waals surface area contributed by atoms with Gasteiger partial charge in [-0.1, -0.05) is 0 Å². The summed E-state index contributed by atoms with van der Waals surface area (Å²) in [4.78, 5) is 22.0. The van der Waals surface area contributed by atoms with Gasteiger partial charge in [0.25, 0.3) is 0 Å². The molecule has 0 saturated heterocycles. The van der Waals surface area contributed by atoms with Gasteiger partial charge in [0.05, 0.1) is 0 Å². The fraction of sp³-hybridized carbons (Fsp3) is 0.250. The van der Waals surface area contributed by atoms with Crippen molar-refractivity contribution >= 4 is 43.0 Å². The van der Waals surface area contributed by atoms with E-state index in [-0.39, 0.29) is 20.9 Å². The molecule has 0 saturated carbocycles. The van der Waals surface area contributed by atoms with Crippen molar-refractivity contribution in [3.05, 3.63) is 16.3 Å². The van der Waals surface area contributed by atoms with Crippen LogP contribution in [0.4, 0.5) is 0 Å². The van der Waals surface area contributed by atoms with Crippen LogP contribution in [0.25, 0.3) is 0 Å². The Kier molecular flexibility index (Phi) is 4.15. The quantitative estimate of drug-likeness (QED) is 0.451. The summed E-state index contributed by atoms with van der Waals surface area (Å²) in [5, 5.41) is 2.25. The van der Waals surface area contributed by atoms with Crippen LogP contribution >= 0.6 is 11.3 Å². The van der Waals surface area contributed by atoms with Gasteiger partial charge in [-0.25, -0.2) is 0 Å². The number of hydrogen-bond acceptors (Lipinski definition) is 4. The molecule has 13 heavy (non-hydrogen) atoms. The number of carbonyl (C=O) groups is 2. The number of esters is 1. The second kappa shape index (κ2) is 5.17. The zero-order valence-electron chi connectivity index (χ0n) is 6.98. The summed E-state index contributed by atoms with van der Waals surface area (Å²) in [6.07, 6.45) is 0.832. The normalized spacial score (nSPS) is 9.62. The molecule has 0 aliphatic rings. The maximum atomic E-state index is 10.8. The van der Waals surface area contributed by atoms with Gasteiger partial charge in [-0.05, 0) is 0 Å². The molecule has 0 fully saturated rings. The molecular weight excluding hydrogens is 255 g/mol. The average molecular weight is 263 g/mol. The zero-order valence-corrected chi connectivity index (χ0v) is 9.51. The molecule has 1 aromatic heterocycles. The molecule has 0 spiro atoms. The summed E-state index contributed by atoms with van der Waals surface area (Å²) >= 11 is 1.42. The third kappa shape index (κ3) is 2.95. The van der Waals surface area contributed by atoms with Crippen LogP contribution in [0.5, 0.6) is 0 Å². The molecule has 70 valence electrons. The maximum absolute atomic E-state index is 10.8. The van der Waals surface area contributed by atoms with E-state index in [1.165, 1.54) is 18.4 Å². The first-order chi connectivity index (χ1) is 6.27. The van der Waals surface area contributed by atoms with Crippen molar-refractivity contribution in [1.82, 2.24) is 0 Å². The molecule has 0 aliphatic carbocycles. The molecule has 0 bridgehead atoms. The summed E-state index contributed by atoms with van der Waals surface area (Å²) in [5.41, 5.74) is 0. The summed E-state index contributed by atoms with van der Waals surface area (Å²) < 4.78 is 5.50. The van der Waals surface area contributed by atoms with Crippen LogP contribution in [0, 0.1) is 0 Å². The third-order valence-corrected chi connectivity index (χ3v) is 4.67. The molecule has 5 heteroatoms.